The standard InChI is InChI=1S/C14H27N3O.ClH/c1-14(2)10-17(8-7-12(14)15)9-13(18)16-11-5-3-4-6-11;/h11-12H,3-10,15H2,1-2H3,(H,16,18);1H. The van der Waals surface area contributed by atoms with Gasteiger partial charge in [-0.15, -0.1) is 12.4 Å². The predicted molar refractivity (Wildman–Crippen MR) is 80.5 cm³/mol. The molecule has 1 unspecified atom stereocenters. The molecule has 0 radical (unpaired) electrons. The maximum atomic E-state index is 12.0. The van der Waals surface area contributed by atoms with Crippen LogP contribution in [-0.4, -0.2) is 42.5 Å². The van der Waals surface area contributed by atoms with Crippen LogP contribution >= 0.6 is 12.4 Å². The maximum Gasteiger partial charge on any atom is 0.234 e. The van der Waals surface area contributed by atoms with Crippen molar-refractivity contribution in [2.24, 2.45) is 11.1 Å². The van der Waals surface area contributed by atoms with Gasteiger partial charge in [0, 0.05) is 25.2 Å². The van der Waals surface area contributed by atoms with Gasteiger partial charge in [0.15, 0.2) is 0 Å². The molecule has 0 bridgehead atoms. The van der Waals surface area contributed by atoms with Gasteiger partial charge < -0.3 is 11.1 Å². The van der Waals surface area contributed by atoms with Crippen LogP contribution < -0.4 is 11.1 Å². The minimum atomic E-state index is 0. The van der Waals surface area contributed by atoms with E-state index in [-0.39, 0.29) is 29.8 Å². The third-order valence-electron chi connectivity index (χ3n) is 4.48. The fraction of sp³-hybridized carbons (Fsp3) is 0.929. The third-order valence-corrected chi connectivity index (χ3v) is 4.48. The molecule has 2 aliphatic rings. The summed E-state index contributed by atoms with van der Waals surface area (Å²) in [6.45, 7) is 6.79. The Morgan fingerprint density at radius 1 is 1.32 bits per heavy atom. The summed E-state index contributed by atoms with van der Waals surface area (Å²) < 4.78 is 0. The lowest BCUT2D eigenvalue weighted by Crippen LogP contribution is -2.54. The van der Waals surface area contributed by atoms with E-state index in [1.165, 1.54) is 12.8 Å². The van der Waals surface area contributed by atoms with Crippen molar-refractivity contribution in [2.75, 3.05) is 19.6 Å². The zero-order valence-electron chi connectivity index (χ0n) is 12.2. The van der Waals surface area contributed by atoms with Crippen molar-refractivity contribution in [3.63, 3.8) is 0 Å². The topological polar surface area (TPSA) is 58.4 Å². The molecule has 0 aromatic carbocycles. The van der Waals surface area contributed by atoms with Crippen LogP contribution in [0.5, 0.6) is 0 Å². The molecule has 1 saturated heterocycles. The van der Waals surface area contributed by atoms with Crippen molar-refractivity contribution in [2.45, 2.75) is 58.0 Å². The van der Waals surface area contributed by atoms with Crippen molar-refractivity contribution in [1.82, 2.24) is 10.2 Å². The van der Waals surface area contributed by atoms with Crippen molar-refractivity contribution < 1.29 is 4.79 Å². The van der Waals surface area contributed by atoms with Crippen LogP contribution in [-0.2, 0) is 4.79 Å². The van der Waals surface area contributed by atoms with Crippen LogP contribution in [0.15, 0.2) is 0 Å². The number of nitrogens with two attached hydrogens (primary N) is 1. The smallest absolute Gasteiger partial charge is 0.234 e. The van der Waals surface area contributed by atoms with Gasteiger partial charge in [0.1, 0.15) is 0 Å². The first-order chi connectivity index (χ1) is 8.47. The van der Waals surface area contributed by atoms with E-state index in [0.717, 1.165) is 32.4 Å². The van der Waals surface area contributed by atoms with Gasteiger partial charge in [0.2, 0.25) is 5.91 Å². The van der Waals surface area contributed by atoms with Gasteiger partial charge in [-0.3, -0.25) is 9.69 Å². The number of rotatable bonds is 3. The van der Waals surface area contributed by atoms with Crippen LogP contribution in [0.4, 0.5) is 0 Å². The van der Waals surface area contributed by atoms with Crippen molar-refractivity contribution >= 4 is 18.3 Å². The fourth-order valence-corrected chi connectivity index (χ4v) is 3.17. The van der Waals surface area contributed by atoms with Crippen molar-refractivity contribution in [1.29, 1.82) is 0 Å². The van der Waals surface area contributed by atoms with Crippen LogP contribution in [0.1, 0.15) is 46.0 Å². The molecule has 2 rings (SSSR count). The van der Waals surface area contributed by atoms with Crippen molar-refractivity contribution in [3.8, 4) is 0 Å². The maximum absolute atomic E-state index is 12.0. The molecule has 1 atom stereocenters. The molecule has 1 saturated carbocycles. The van der Waals surface area contributed by atoms with Gasteiger partial charge in [-0.2, -0.15) is 0 Å². The van der Waals surface area contributed by atoms with Gasteiger partial charge in [-0.05, 0) is 24.7 Å². The van der Waals surface area contributed by atoms with E-state index in [2.05, 4.69) is 24.1 Å². The highest BCUT2D eigenvalue weighted by molar-refractivity contribution is 5.85. The Bertz CT molecular complexity index is 303. The highest BCUT2D eigenvalue weighted by Crippen LogP contribution is 2.27. The normalized spacial score (nSPS) is 27.8. The Labute approximate surface area is 122 Å². The monoisotopic (exact) mass is 289 g/mol. The summed E-state index contributed by atoms with van der Waals surface area (Å²) in [6.07, 6.45) is 5.82. The summed E-state index contributed by atoms with van der Waals surface area (Å²) in [6, 6.07) is 0.684. The van der Waals surface area contributed by atoms with E-state index in [1.807, 2.05) is 0 Å². The lowest BCUT2D eigenvalue weighted by Gasteiger charge is -2.42. The molecule has 5 heteroatoms. The number of likely N-dealkylation sites (tertiary alicyclic amines) is 1. The first-order valence-electron chi connectivity index (χ1n) is 7.25. The summed E-state index contributed by atoms with van der Waals surface area (Å²) >= 11 is 0. The second kappa shape index (κ2) is 6.91. The molecule has 112 valence electrons. The Morgan fingerprint density at radius 2 is 1.95 bits per heavy atom. The molecule has 2 fully saturated rings. The molecule has 4 nitrogen and oxygen atoms in total. The zero-order valence-corrected chi connectivity index (χ0v) is 13.0. The van der Waals surface area contributed by atoms with Gasteiger partial charge in [-0.25, -0.2) is 0 Å². The zero-order chi connectivity index (χ0) is 13.2. The number of nitrogens with one attached hydrogen (secondary N) is 1. The Kier molecular flexibility index (Phi) is 6.09. The van der Waals surface area contributed by atoms with E-state index >= 15 is 0 Å². The number of amides is 1. The highest BCUT2D eigenvalue weighted by atomic mass is 35.5. The molecule has 3 N–H and O–H groups in total. The number of hydrogen-bond acceptors (Lipinski definition) is 3. The average Bonchev–Trinajstić information content (AvgIpc) is 2.75. The first kappa shape index (κ1) is 16.7. The first-order valence-corrected chi connectivity index (χ1v) is 7.25. The molecule has 1 aliphatic heterocycles. The molecular formula is C14H28ClN3O. The van der Waals surface area contributed by atoms with E-state index in [1.54, 1.807) is 0 Å². The molecule has 1 heterocycles. The summed E-state index contributed by atoms with van der Waals surface area (Å²) in [5.41, 5.74) is 6.23. The summed E-state index contributed by atoms with van der Waals surface area (Å²) in [7, 11) is 0. The molecule has 0 spiro atoms. The number of carbonyl (C=O) groups is 1. The molecule has 1 amide bonds. The van der Waals surface area contributed by atoms with Gasteiger partial charge >= 0.3 is 0 Å². The number of hydrogen-bond donors (Lipinski definition) is 2. The second-order valence-corrected chi connectivity index (χ2v) is 6.64. The lowest BCUT2D eigenvalue weighted by atomic mass is 9.80. The second-order valence-electron chi connectivity index (χ2n) is 6.64. The van der Waals surface area contributed by atoms with Crippen LogP contribution in [0, 0.1) is 5.41 Å². The Morgan fingerprint density at radius 3 is 2.53 bits per heavy atom. The minimum absolute atomic E-state index is 0. The predicted octanol–water partition coefficient (Wildman–Crippen LogP) is 1.53. The number of piperidine rings is 1. The minimum Gasteiger partial charge on any atom is -0.352 e. The number of nitrogens with zero attached hydrogens (tertiary/aromatic N) is 1. The van der Waals surface area contributed by atoms with Crippen LogP contribution in [0.2, 0.25) is 0 Å². The molecule has 0 aromatic heterocycles. The van der Waals surface area contributed by atoms with Crippen LogP contribution in [0.3, 0.4) is 0 Å². The lowest BCUT2D eigenvalue weighted by molar-refractivity contribution is -0.123. The number of carbonyl (C=O) groups excluding carboxylic acids is 1. The van der Waals surface area contributed by atoms with E-state index in [9.17, 15) is 4.79 Å². The van der Waals surface area contributed by atoms with Gasteiger partial charge in [-0.1, -0.05) is 26.7 Å². The summed E-state index contributed by atoms with van der Waals surface area (Å²) in [5.74, 6) is 0.188. The number of halogens is 1. The molecular weight excluding hydrogens is 262 g/mol. The van der Waals surface area contributed by atoms with Gasteiger partial charge in [0.25, 0.3) is 0 Å². The fourth-order valence-electron chi connectivity index (χ4n) is 3.17. The Balaban J connectivity index is 0.00000180. The van der Waals surface area contributed by atoms with E-state index in [4.69, 9.17) is 5.73 Å². The van der Waals surface area contributed by atoms with E-state index in [0.29, 0.717) is 12.6 Å². The van der Waals surface area contributed by atoms with Gasteiger partial charge in [0.05, 0.1) is 6.54 Å². The summed E-state index contributed by atoms with van der Waals surface area (Å²) in [5, 5.41) is 3.15. The average molecular weight is 290 g/mol. The molecule has 1 aliphatic carbocycles. The largest absolute Gasteiger partial charge is 0.352 e. The third kappa shape index (κ3) is 4.62. The Hall–Kier alpha value is -0.320. The quantitative estimate of drug-likeness (QED) is 0.828. The highest BCUT2D eigenvalue weighted by Gasteiger charge is 2.34. The van der Waals surface area contributed by atoms with Crippen molar-refractivity contribution in [3.05, 3.63) is 0 Å². The molecule has 0 aromatic rings. The summed E-state index contributed by atoms with van der Waals surface area (Å²) in [4.78, 5) is 14.2. The van der Waals surface area contributed by atoms with Crippen LogP contribution in [0.25, 0.3) is 0 Å². The SMILES string of the molecule is CC1(C)CN(CC(=O)NC2CCCC2)CCC1N.Cl. The van der Waals surface area contributed by atoms with E-state index < -0.39 is 0 Å². The molecule has 19 heavy (non-hydrogen) atoms.